The zero-order chi connectivity index (χ0) is 22.3. The number of rotatable bonds is 7. The molecule has 0 bridgehead atoms. The molecule has 0 saturated heterocycles. The summed E-state index contributed by atoms with van der Waals surface area (Å²) in [5.74, 6) is -2.03. The number of amides is 2. The molecule has 1 atom stereocenters. The first-order valence-electron chi connectivity index (χ1n) is 8.74. The van der Waals surface area contributed by atoms with E-state index in [1.165, 1.54) is 13.0 Å². The highest BCUT2D eigenvalue weighted by Crippen LogP contribution is 2.21. The molecule has 2 N–H and O–H groups in total. The van der Waals surface area contributed by atoms with Crippen LogP contribution < -0.4 is 10.6 Å². The average Bonchev–Trinajstić information content (AvgIpc) is 2.71. The monoisotopic (exact) mass is 410 g/mol. The molecular formula is C20H18N4O6. The number of anilines is 1. The number of nitrogens with one attached hydrogen (secondary N) is 2. The van der Waals surface area contributed by atoms with Crippen LogP contribution in [0.25, 0.3) is 0 Å². The van der Waals surface area contributed by atoms with Gasteiger partial charge in [0.2, 0.25) is 0 Å². The summed E-state index contributed by atoms with van der Waals surface area (Å²) >= 11 is 0. The predicted molar refractivity (Wildman–Crippen MR) is 106 cm³/mol. The van der Waals surface area contributed by atoms with Crippen LogP contribution in [0.2, 0.25) is 0 Å². The minimum Gasteiger partial charge on any atom is -0.454 e. The van der Waals surface area contributed by atoms with Gasteiger partial charge in [-0.05, 0) is 32.0 Å². The molecule has 0 fully saturated rings. The summed E-state index contributed by atoms with van der Waals surface area (Å²) in [5.41, 5.74) is 0.911. The molecule has 0 unspecified atom stereocenters. The Morgan fingerprint density at radius 3 is 2.60 bits per heavy atom. The van der Waals surface area contributed by atoms with Gasteiger partial charge in [0.15, 0.2) is 6.61 Å². The molecule has 0 spiro atoms. The Labute approximate surface area is 171 Å². The van der Waals surface area contributed by atoms with Crippen molar-refractivity contribution < 1.29 is 24.0 Å². The number of nitrogens with zero attached hydrogens (tertiary/aromatic N) is 2. The highest BCUT2D eigenvalue weighted by molar-refractivity contribution is 5.97. The number of carbonyl (C=O) groups is 3. The lowest BCUT2D eigenvalue weighted by Crippen LogP contribution is -2.40. The maximum atomic E-state index is 12.2. The second-order valence-corrected chi connectivity index (χ2v) is 6.32. The molecule has 0 saturated carbocycles. The van der Waals surface area contributed by atoms with E-state index >= 15 is 0 Å². The van der Waals surface area contributed by atoms with Crippen LogP contribution in [0.5, 0.6) is 0 Å². The van der Waals surface area contributed by atoms with E-state index in [0.29, 0.717) is 5.56 Å². The van der Waals surface area contributed by atoms with Crippen LogP contribution in [0.3, 0.4) is 0 Å². The van der Waals surface area contributed by atoms with Gasteiger partial charge in [-0.2, -0.15) is 5.26 Å². The third-order valence-electron chi connectivity index (χ3n) is 3.94. The van der Waals surface area contributed by atoms with Gasteiger partial charge >= 0.3 is 5.97 Å². The number of ether oxygens (including phenoxy) is 1. The summed E-state index contributed by atoms with van der Waals surface area (Å²) in [5, 5.41) is 24.6. The average molecular weight is 410 g/mol. The lowest BCUT2D eigenvalue weighted by Gasteiger charge is -2.14. The predicted octanol–water partition coefficient (Wildman–Crippen LogP) is 2.08. The van der Waals surface area contributed by atoms with Gasteiger partial charge in [0, 0.05) is 17.7 Å². The van der Waals surface area contributed by atoms with Crippen LogP contribution in [0.1, 0.15) is 28.4 Å². The molecule has 154 valence electrons. The van der Waals surface area contributed by atoms with Crippen molar-refractivity contribution in [1.82, 2.24) is 5.32 Å². The van der Waals surface area contributed by atoms with Gasteiger partial charge in [-0.1, -0.05) is 17.7 Å². The smallest absolute Gasteiger partial charge is 0.328 e. The summed E-state index contributed by atoms with van der Waals surface area (Å²) in [4.78, 5) is 46.3. The normalized spacial score (nSPS) is 11.0. The summed E-state index contributed by atoms with van der Waals surface area (Å²) in [7, 11) is 0. The van der Waals surface area contributed by atoms with E-state index in [-0.39, 0.29) is 16.9 Å². The van der Waals surface area contributed by atoms with Crippen molar-refractivity contribution in [2.24, 2.45) is 0 Å². The SMILES string of the molecule is Cc1cccc(C(=O)N[C@@H](C)C(=O)OCC(=O)Nc2ccc([N+](=O)[O-])cc2C#N)c1. The van der Waals surface area contributed by atoms with Gasteiger partial charge in [-0.25, -0.2) is 4.79 Å². The fourth-order valence-electron chi connectivity index (χ4n) is 2.42. The van der Waals surface area contributed by atoms with Crippen molar-refractivity contribution in [2.45, 2.75) is 19.9 Å². The number of nitro groups is 1. The Morgan fingerprint density at radius 2 is 1.97 bits per heavy atom. The minimum absolute atomic E-state index is 0.0462. The van der Waals surface area contributed by atoms with Crippen LogP contribution in [0.15, 0.2) is 42.5 Å². The number of carbonyl (C=O) groups excluding carboxylic acids is 3. The number of nitriles is 1. The number of aryl methyl sites for hydroxylation is 1. The second kappa shape index (κ2) is 9.79. The molecule has 0 aliphatic carbocycles. The standard InChI is InChI=1S/C20H18N4O6/c1-12-4-3-5-14(8-12)19(26)22-13(2)20(27)30-11-18(25)23-17-7-6-16(24(28)29)9-15(17)10-21/h3-9,13H,11H2,1-2H3,(H,22,26)(H,23,25)/t13-/m0/s1. The molecule has 10 heteroatoms. The van der Waals surface area contributed by atoms with Crippen LogP contribution in [-0.4, -0.2) is 35.4 Å². The van der Waals surface area contributed by atoms with E-state index in [0.717, 1.165) is 17.7 Å². The highest BCUT2D eigenvalue weighted by Gasteiger charge is 2.20. The molecule has 2 aromatic carbocycles. The number of non-ortho nitro benzene ring substituents is 1. The maximum Gasteiger partial charge on any atom is 0.328 e. The lowest BCUT2D eigenvalue weighted by molar-refractivity contribution is -0.384. The molecule has 0 aliphatic rings. The first-order valence-corrected chi connectivity index (χ1v) is 8.74. The van der Waals surface area contributed by atoms with Gasteiger partial charge in [0.05, 0.1) is 16.2 Å². The van der Waals surface area contributed by atoms with Crippen molar-refractivity contribution in [2.75, 3.05) is 11.9 Å². The zero-order valence-electron chi connectivity index (χ0n) is 16.2. The fourth-order valence-corrected chi connectivity index (χ4v) is 2.42. The van der Waals surface area contributed by atoms with Gasteiger partial charge < -0.3 is 15.4 Å². The number of hydrogen-bond acceptors (Lipinski definition) is 7. The van der Waals surface area contributed by atoms with Crippen molar-refractivity contribution in [3.63, 3.8) is 0 Å². The molecule has 0 heterocycles. The number of nitro benzene ring substituents is 1. The van der Waals surface area contributed by atoms with Crippen LogP contribution in [-0.2, 0) is 14.3 Å². The number of esters is 1. The minimum atomic E-state index is -1.00. The van der Waals surface area contributed by atoms with Crippen LogP contribution >= 0.6 is 0 Å². The molecule has 2 aromatic rings. The lowest BCUT2D eigenvalue weighted by atomic mass is 10.1. The Bertz CT molecular complexity index is 1040. The van der Waals surface area contributed by atoms with Crippen LogP contribution in [0, 0.1) is 28.4 Å². The van der Waals surface area contributed by atoms with Crippen molar-refractivity contribution in [1.29, 1.82) is 5.26 Å². The number of benzene rings is 2. The third kappa shape index (κ3) is 5.87. The van der Waals surface area contributed by atoms with Crippen LogP contribution in [0.4, 0.5) is 11.4 Å². The molecule has 0 radical (unpaired) electrons. The molecule has 2 amide bonds. The van der Waals surface area contributed by atoms with Crippen molar-refractivity contribution in [3.05, 3.63) is 69.3 Å². The molecule has 10 nitrogen and oxygen atoms in total. The maximum absolute atomic E-state index is 12.2. The van der Waals surface area contributed by atoms with E-state index in [1.807, 2.05) is 13.0 Å². The zero-order valence-corrected chi connectivity index (χ0v) is 16.2. The quantitative estimate of drug-likeness (QED) is 0.403. The van der Waals surface area contributed by atoms with Gasteiger partial charge in [0.25, 0.3) is 17.5 Å². The molecule has 30 heavy (non-hydrogen) atoms. The molecule has 2 rings (SSSR count). The van der Waals surface area contributed by atoms with E-state index in [9.17, 15) is 24.5 Å². The van der Waals surface area contributed by atoms with E-state index in [2.05, 4.69) is 10.6 Å². The third-order valence-corrected chi connectivity index (χ3v) is 3.94. The Hall–Kier alpha value is -4.26. The Morgan fingerprint density at radius 1 is 1.23 bits per heavy atom. The second-order valence-electron chi connectivity index (χ2n) is 6.32. The first kappa shape index (κ1) is 22.0. The van der Waals surface area contributed by atoms with Gasteiger partial charge in [0.1, 0.15) is 12.1 Å². The van der Waals surface area contributed by atoms with E-state index < -0.39 is 35.4 Å². The van der Waals surface area contributed by atoms with Gasteiger partial charge in [-0.3, -0.25) is 19.7 Å². The topological polar surface area (TPSA) is 151 Å². The molecule has 0 aromatic heterocycles. The van der Waals surface area contributed by atoms with Crippen molar-refractivity contribution >= 4 is 29.2 Å². The summed E-state index contributed by atoms with van der Waals surface area (Å²) in [6.07, 6.45) is 0. The Kier molecular flexibility index (Phi) is 7.19. The first-order chi connectivity index (χ1) is 14.2. The Balaban J connectivity index is 1.90. The summed E-state index contributed by atoms with van der Waals surface area (Å²) in [6.45, 7) is 2.58. The summed E-state index contributed by atoms with van der Waals surface area (Å²) < 4.78 is 4.88. The van der Waals surface area contributed by atoms with Gasteiger partial charge in [-0.15, -0.1) is 0 Å². The molecular weight excluding hydrogens is 392 g/mol. The number of hydrogen-bond donors (Lipinski definition) is 2. The fraction of sp³-hybridized carbons (Fsp3) is 0.200. The largest absolute Gasteiger partial charge is 0.454 e. The van der Waals surface area contributed by atoms with E-state index in [4.69, 9.17) is 10.00 Å². The van der Waals surface area contributed by atoms with E-state index in [1.54, 1.807) is 24.3 Å². The van der Waals surface area contributed by atoms with Crippen molar-refractivity contribution in [3.8, 4) is 6.07 Å². The molecule has 0 aliphatic heterocycles. The summed E-state index contributed by atoms with van der Waals surface area (Å²) in [6, 6.07) is 10.9. The highest BCUT2D eigenvalue weighted by atomic mass is 16.6.